The summed E-state index contributed by atoms with van der Waals surface area (Å²) in [4.78, 5) is 29.9. The fraction of sp³-hybridized carbons (Fsp3) is 0.571. The molecule has 0 aliphatic heterocycles. The van der Waals surface area contributed by atoms with E-state index in [1.54, 1.807) is 4.57 Å². The summed E-state index contributed by atoms with van der Waals surface area (Å²) >= 11 is 1.35. The summed E-state index contributed by atoms with van der Waals surface area (Å²) in [6.07, 6.45) is 4.31. The molecule has 3 atom stereocenters. The normalized spacial score (nSPS) is 22.7. The van der Waals surface area contributed by atoms with Crippen molar-refractivity contribution in [2.75, 3.05) is 5.75 Å². The molecule has 146 valence electrons. The zero-order valence-corrected chi connectivity index (χ0v) is 17.2. The predicted octanol–water partition coefficient (Wildman–Crippen LogP) is 3.84. The van der Waals surface area contributed by atoms with Crippen LogP contribution in [0, 0.1) is 11.8 Å². The first-order chi connectivity index (χ1) is 13.0. The first kappa shape index (κ1) is 19.9. The number of hydrogen-bond donors (Lipinski definition) is 1. The number of aromatic nitrogens is 2. The zero-order valence-electron chi connectivity index (χ0n) is 16.4. The molecule has 1 aromatic carbocycles. The van der Waals surface area contributed by atoms with Crippen molar-refractivity contribution in [3.63, 3.8) is 0 Å². The monoisotopic (exact) mass is 387 g/mol. The van der Waals surface area contributed by atoms with Gasteiger partial charge in [-0.05, 0) is 36.8 Å². The van der Waals surface area contributed by atoms with E-state index in [4.69, 9.17) is 0 Å². The Morgan fingerprint density at radius 2 is 2.07 bits per heavy atom. The lowest BCUT2D eigenvalue weighted by Crippen LogP contribution is -2.44. The summed E-state index contributed by atoms with van der Waals surface area (Å²) in [6.45, 7) is 7.14. The highest BCUT2D eigenvalue weighted by Crippen LogP contribution is 2.29. The van der Waals surface area contributed by atoms with E-state index in [-0.39, 0.29) is 23.3 Å². The largest absolute Gasteiger partial charge is 0.352 e. The van der Waals surface area contributed by atoms with E-state index in [2.05, 4.69) is 24.1 Å². The Bertz CT molecular complexity index is 864. The Balaban J connectivity index is 1.73. The smallest absolute Gasteiger partial charge is 0.262 e. The topological polar surface area (TPSA) is 64.0 Å². The molecule has 1 heterocycles. The van der Waals surface area contributed by atoms with Gasteiger partial charge in [0.2, 0.25) is 5.91 Å². The molecule has 1 fully saturated rings. The van der Waals surface area contributed by atoms with Crippen molar-refractivity contribution in [2.24, 2.45) is 11.8 Å². The minimum atomic E-state index is -0.0277. The third-order valence-electron chi connectivity index (χ3n) is 5.66. The number of nitrogens with one attached hydrogen (secondary N) is 1. The second kappa shape index (κ2) is 8.91. The Hall–Kier alpha value is -1.82. The Kier molecular flexibility index (Phi) is 6.58. The molecule has 0 bridgehead atoms. The van der Waals surface area contributed by atoms with Crippen LogP contribution in [0.4, 0.5) is 0 Å². The first-order valence-electron chi connectivity index (χ1n) is 9.93. The maximum atomic E-state index is 12.8. The zero-order chi connectivity index (χ0) is 19.4. The summed E-state index contributed by atoms with van der Waals surface area (Å²) in [6, 6.07) is 7.65. The van der Waals surface area contributed by atoms with Crippen LogP contribution in [0.3, 0.4) is 0 Å². The van der Waals surface area contributed by atoms with Gasteiger partial charge in [0.05, 0.1) is 16.7 Å². The number of carbonyl (C=O) groups excluding carboxylic acids is 1. The molecule has 1 aromatic heterocycles. The van der Waals surface area contributed by atoms with Gasteiger partial charge in [-0.2, -0.15) is 0 Å². The van der Waals surface area contributed by atoms with Crippen molar-refractivity contribution in [3.8, 4) is 0 Å². The van der Waals surface area contributed by atoms with Crippen LogP contribution >= 0.6 is 11.8 Å². The maximum absolute atomic E-state index is 12.8. The number of thioether (sulfide) groups is 1. The molecule has 6 heteroatoms. The molecule has 1 N–H and O–H groups in total. The number of amides is 1. The average Bonchev–Trinajstić information content (AvgIpc) is 2.66. The highest BCUT2D eigenvalue weighted by atomic mass is 32.2. The summed E-state index contributed by atoms with van der Waals surface area (Å²) in [7, 11) is 0. The van der Waals surface area contributed by atoms with Crippen LogP contribution in [0.2, 0.25) is 0 Å². The molecule has 1 amide bonds. The Morgan fingerprint density at radius 3 is 2.85 bits per heavy atom. The fourth-order valence-corrected chi connectivity index (χ4v) is 4.68. The van der Waals surface area contributed by atoms with Gasteiger partial charge in [-0.15, -0.1) is 0 Å². The van der Waals surface area contributed by atoms with Crippen molar-refractivity contribution in [1.82, 2.24) is 14.9 Å². The van der Waals surface area contributed by atoms with E-state index in [1.165, 1.54) is 24.6 Å². The number of carbonyl (C=O) groups is 1. The van der Waals surface area contributed by atoms with E-state index in [1.807, 2.05) is 31.2 Å². The van der Waals surface area contributed by atoms with E-state index < -0.39 is 0 Å². The highest BCUT2D eigenvalue weighted by Gasteiger charge is 2.28. The SMILES string of the molecule is CCCn1c(SCC(=O)NC2CCCC(C)C2C)nc2ccccc2c1=O. The number of hydrogen-bond acceptors (Lipinski definition) is 4. The van der Waals surface area contributed by atoms with Crippen LogP contribution in [0.25, 0.3) is 10.9 Å². The van der Waals surface area contributed by atoms with Gasteiger partial charge in [-0.25, -0.2) is 4.98 Å². The molecule has 27 heavy (non-hydrogen) atoms. The van der Waals surface area contributed by atoms with Gasteiger partial charge in [0.15, 0.2) is 5.16 Å². The average molecular weight is 388 g/mol. The molecular formula is C21H29N3O2S. The van der Waals surface area contributed by atoms with Gasteiger partial charge >= 0.3 is 0 Å². The summed E-state index contributed by atoms with van der Waals surface area (Å²) < 4.78 is 1.70. The van der Waals surface area contributed by atoms with Crippen molar-refractivity contribution in [1.29, 1.82) is 0 Å². The van der Waals surface area contributed by atoms with Crippen LogP contribution in [-0.2, 0) is 11.3 Å². The number of para-hydroxylation sites is 1. The summed E-state index contributed by atoms with van der Waals surface area (Å²) in [5, 5.41) is 4.45. The van der Waals surface area contributed by atoms with Crippen molar-refractivity contribution in [3.05, 3.63) is 34.6 Å². The Morgan fingerprint density at radius 1 is 1.30 bits per heavy atom. The third-order valence-corrected chi connectivity index (χ3v) is 6.64. The standard InChI is InChI=1S/C21H29N3O2S/c1-4-12-24-20(26)16-9-5-6-10-18(16)23-21(24)27-13-19(25)22-17-11-7-8-14(2)15(17)3/h5-6,9-10,14-15,17H,4,7-8,11-13H2,1-3H3,(H,22,25). The summed E-state index contributed by atoms with van der Waals surface area (Å²) in [5.41, 5.74) is 0.660. The lowest BCUT2D eigenvalue weighted by Gasteiger charge is -2.34. The second-order valence-electron chi connectivity index (χ2n) is 7.60. The van der Waals surface area contributed by atoms with Gasteiger partial charge in [-0.1, -0.05) is 57.5 Å². The number of benzene rings is 1. The predicted molar refractivity (Wildman–Crippen MR) is 111 cm³/mol. The number of nitrogens with zero attached hydrogens (tertiary/aromatic N) is 2. The number of rotatable bonds is 6. The van der Waals surface area contributed by atoms with Crippen LogP contribution in [-0.4, -0.2) is 27.3 Å². The van der Waals surface area contributed by atoms with Gasteiger partial charge in [-0.3, -0.25) is 14.2 Å². The second-order valence-corrected chi connectivity index (χ2v) is 8.54. The molecule has 2 aromatic rings. The molecule has 1 aliphatic carbocycles. The quantitative estimate of drug-likeness (QED) is 0.604. The molecule has 1 saturated carbocycles. The van der Waals surface area contributed by atoms with Gasteiger partial charge < -0.3 is 5.32 Å². The van der Waals surface area contributed by atoms with Crippen molar-refractivity contribution in [2.45, 2.75) is 64.2 Å². The minimum Gasteiger partial charge on any atom is -0.352 e. The van der Waals surface area contributed by atoms with Crippen LogP contribution in [0.5, 0.6) is 0 Å². The number of fused-ring (bicyclic) bond motifs is 1. The van der Waals surface area contributed by atoms with Gasteiger partial charge in [0, 0.05) is 12.6 Å². The van der Waals surface area contributed by atoms with Crippen molar-refractivity contribution < 1.29 is 4.79 Å². The molecule has 1 aliphatic rings. The molecule has 0 spiro atoms. The highest BCUT2D eigenvalue weighted by molar-refractivity contribution is 7.99. The Labute approximate surface area is 164 Å². The lowest BCUT2D eigenvalue weighted by atomic mass is 9.78. The van der Waals surface area contributed by atoms with Gasteiger partial charge in [0.25, 0.3) is 5.56 Å². The maximum Gasteiger partial charge on any atom is 0.262 e. The molecule has 3 unspecified atom stereocenters. The van der Waals surface area contributed by atoms with Crippen LogP contribution in [0.1, 0.15) is 46.5 Å². The van der Waals surface area contributed by atoms with E-state index in [9.17, 15) is 9.59 Å². The summed E-state index contributed by atoms with van der Waals surface area (Å²) in [5.74, 6) is 1.46. The minimum absolute atomic E-state index is 0.0245. The van der Waals surface area contributed by atoms with E-state index in [0.717, 1.165) is 12.8 Å². The lowest BCUT2D eigenvalue weighted by molar-refractivity contribution is -0.120. The first-order valence-corrected chi connectivity index (χ1v) is 10.9. The fourth-order valence-electron chi connectivity index (χ4n) is 3.84. The molecule has 0 radical (unpaired) electrons. The molecule has 0 saturated heterocycles. The van der Waals surface area contributed by atoms with Crippen LogP contribution < -0.4 is 10.9 Å². The molecular weight excluding hydrogens is 358 g/mol. The van der Waals surface area contributed by atoms with E-state index >= 15 is 0 Å². The molecule has 5 nitrogen and oxygen atoms in total. The van der Waals surface area contributed by atoms with Crippen LogP contribution in [0.15, 0.2) is 34.2 Å². The third kappa shape index (κ3) is 4.54. The van der Waals surface area contributed by atoms with Crippen molar-refractivity contribution >= 4 is 28.6 Å². The van der Waals surface area contributed by atoms with E-state index in [0.29, 0.717) is 34.4 Å². The molecule has 3 rings (SSSR count). The van der Waals surface area contributed by atoms with Gasteiger partial charge in [0.1, 0.15) is 0 Å².